The molecular weight excluding hydrogens is 206 g/mol. The zero-order valence-electron chi connectivity index (χ0n) is 9.28. The molecular formula is C11H19N3S. The number of aromatic nitrogens is 1. The van der Waals surface area contributed by atoms with Gasteiger partial charge in [0, 0.05) is 30.9 Å². The zero-order chi connectivity index (χ0) is 10.7. The Morgan fingerprint density at radius 3 is 2.87 bits per heavy atom. The van der Waals surface area contributed by atoms with E-state index in [1.54, 1.807) is 11.3 Å². The molecule has 1 fully saturated rings. The average molecular weight is 225 g/mol. The van der Waals surface area contributed by atoms with Crippen LogP contribution in [0.15, 0.2) is 5.38 Å². The molecule has 4 heteroatoms. The first-order chi connectivity index (χ1) is 7.31. The number of rotatable bonds is 3. The fourth-order valence-electron chi connectivity index (χ4n) is 1.85. The van der Waals surface area contributed by atoms with Crippen molar-refractivity contribution in [1.29, 1.82) is 0 Å². The van der Waals surface area contributed by atoms with Crippen molar-refractivity contribution < 1.29 is 0 Å². The van der Waals surface area contributed by atoms with Crippen LogP contribution in [0.1, 0.15) is 37.8 Å². The topological polar surface area (TPSA) is 42.1 Å². The van der Waals surface area contributed by atoms with Gasteiger partial charge in [0.1, 0.15) is 0 Å². The van der Waals surface area contributed by atoms with E-state index in [0.717, 1.165) is 5.69 Å². The summed E-state index contributed by atoms with van der Waals surface area (Å²) in [7, 11) is 0. The van der Waals surface area contributed by atoms with Gasteiger partial charge in [-0.2, -0.15) is 0 Å². The van der Waals surface area contributed by atoms with Gasteiger partial charge in [-0.15, -0.1) is 11.3 Å². The highest BCUT2D eigenvalue weighted by Gasteiger charge is 2.15. The summed E-state index contributed by atoms with van der Waals surface area (Å²) in [5.41, 5.74) is 6.80. The van der Waals surface area contributed by atoms with Crippen molar-refractivity contribution in [2.24, 2.45) is 5.73 Å². The van der Waals surface area contributed by atoms with Crippen LogP contribution in [0.25, 0.3) is 0 Å². The lowest BCUT2D eigenvalue weighted by Gasteiger charge is -2.25. The van der Waals surface area contributed by atoms with Crippen LogP contribution in [-0.2, 0) is 0 Å². The molecule has 1 aliphatic heterocycles. The van der Waals surface area contributed by atoms with E-state index in [2.05, 4.69) is 22.2 Å². The van der Waals surface area contributed by atoms with Crippen molar-refractivity contribution >= 4 is 16.5 Å². The molecule has 84 valence electrons. The van der Waals surface area contributed by atoms with Gasteiger partial charge < -0.3 is 10.6 Å². The molecule has 0 amide bonds. The Bertz CT molecular complexity index is 305. The maximum Gasteiger partial charge on any atom is 0.185 e. The van der Waals surface area contributed by atoms with E-state index in [0.29, 0.717) is 12.5 Å². The maximum absolute atomic E-state index is 5.64. The van der Waals surface area contributed by atoms with Crippen LogP contribution in [0.2, 0.25) is 0 Å². The molecule has 2 heterocycles. The van der Waals surface area contributed by atoms with E-state index in [9.17, 15) is 0 Å². The second-order valence-corrected chi connectivity index (χ2v) is 5.08. The summed E-state index contributed by atoms with van der Waals surface area (Å²) in [6.45, 7) is 5.16. The first-order valence-electron chi connectivity index (χ1n) is 5.71. The number of piperidine rings is 1. The fourth-order valence-corrected chi connectivity index (χ4v) is 2.85. The summed E-state index contributed by atoms with van der Waals surface area (Å²) in [6.07, 6.45) is 3.98. The Morgan fingerprint density at radius 1 is 1.47 bits per heavy atom. The van der Waals surface area contributed by atoms with E-state index in [4.69, 9.17) is 5.73 Å². The standard InChI is InChI=1S/C11H19N3S/c1-9(7-12)10-8-15-11(13-10)14-5-3-2-4-6-14/h8-9H,2-7,12H2,1H3. The molecule has 0 radical (unpaired) electrons. The Hall–Kier alpha value is -0.610. The predicted octanol–water partition coefficient (Wildman–Crippen LogP) is 2.20. The molecule has 1 unspecified atom stereocenters. The van der Waals surface area contributed by atoms with E-state index in [1.165, 1.54) is 37.5 Å². The number of hydrogen-bond acceptors (Lipinski definition) is 4. The molecule has 1 atom stereocenters. The van der Waals surface area contributed by atoms with Gasteiger partial charge in [-0.25, -0.2) is 4.98 Å². The Kier molecular flexibility index (Phi) is 3.59. The van der Waals surface area contributed by atoms with Crippen LogP contribution < -0.4 is 10.6 Å². The number of nitrogens with two attached hydrogens (primary N) is 1. The summed E-state index contributed by atoms with van der Waals surface area (Å²) in [5, 5.41) is 3.34. The van der Waals surface area contributed by atoms with Crippen LogP contribution in [0, 0.1) is 0 Å². The Morgan fingerprint density at radius 2 is 2.20 bits per heavy atom. The first-order valence-corrected chi connectivity index (χ1v) is 6.59. The summed E-state index contributed by atoms with van der Waals surface area (Å²) in [4.78, 5) is 7.07. The van der Waals surface area contributed by atoms with E-state index in [-0.39, 0.29) is 0 Å². The molecule has 0 bridgehead atoms. The van der Waals surface area contributed by atoms with Crippen LogP contribution in [0.3, 0.4) is 0 Å². The highest BCUT2D eigenvalue weighted by molar-refractivity contribution is 7.13. The SMILES string of the molecule is CC(CN)c1csc(N2CCCCC2)n1. The summed E-state index contributed by atoms with van der Waals surface area (Å²) < 4.78 is 0. The fraction of sp³-hybridized carbons (Fsp3) is 0.727. The summed E-state index contributed by atoms with van der Waals surface area (Å²) in [6, 6.07) is 0. The van der Waals surface area contributed by atoms with Gasteiger partial charge in [0.05, 0.1) is 5.69 Å². The average Bonchev–Trinajstić information content (AvgIpc) is 2.78. The van der Waals surface area contributed by atoms with Crippen LogP contribution in [0.5, 0.6) is 0 Å². The summed E-state index contributed by atoms with van der Waals surface area (Å²) >= 11 is 1.76. The van der Waals surface area contributed by atoms with Crippen molar-refractivity contribution in [2.45, 2.75) is 32.1 Å². The molecule has 2 N–H and O–H groups in total. The largest absolute Gasteiger partial charge is 0.348 e. The van der Waals surface area contributed by atoms with Gasteiger partial charge in [0.25, 0.3) is 0 Å². The third-order valence-corrected chi connectivity index (χ3v) is 3.91. The van der Waals surface area contributed by atoms with Gasteiger partial charge in [-0.3, -0.25) is 0 Å². The molecule has 0 aliphatic carbocycles. The van der Waals surface area contributed by atoms with Gasteiger partial charge in [0.2, 0.25) is 0 Å². The van der Waals surface area contributed by atoms with Crippen molar-refractivity contribution in [3.63, 3.8) is 0 Å². The van der Waals surface area contributed by atoms with Crippen molar-refractivity contribution in [3.8, 4) is 0 Å². The summed E-state index contributed by atoms with van der Waals surface area (Å²) in [5.74, 6) is 0.389. The van der Waals surface area contributed by atoms with Crippen LogP contribution in [0.4, 0.5) is 5.13 Å². The van der Waals surface area contributed by atoms with Crippen molar-refractivity contribution in [2.75, 3.05) is 24.5 Å². The lowest BCUT2D eigenvalue weighted by Crippen LogP contribution is -2.29. The maximum atomic E-state index is 5.64. The van der Waals surface area contributed by atoms with Gasteiger partial charge in [0.15, 0.2) is 5.13 Å². The van der Waals surface area contributed by atoms with Crippen LogP contribution >= 0.6 is 11.3 Å². The second-order valence-electron chi connectivity index (χ2n) is 4.24. The number of thiazole rings is 1. The smallest absolute Gasteiger partial charge is 0.185 e. The minimum atomic E-state index is 0.389. The lowest BCUT2D eigenvalue weighted by molar-refractivity contribution is 0.576. The highest BCUT2D eigenvalue weighted by Crippen LogP contribution is 2.26. The minimum absolute atomic E-state index is 0.389. The molecule has 1 saturated heterocycles. The van der Waals surface area contributed by atoms with Gasteiger partial charge in [-0.05, 0) is 19.3 Å². The molecule has 3 nitrogen and oxygen atoms in total. The lowest BCUT2D eigenvalue weighted by atomic mass is 10.1. The molecule has 2 rings (SSSR count). The molecule has 1 aliphatic rings. The molecule has 1 aromatic heterocycles. The quantitative estimate of drug-likeness (QED) is 0.857. The zero-order valence-corrected chi connectivity index (χ0v) is 10.1. The van der Waals surface area contributed by atoms with Crippen molar-refractivity contribution in [3.05, 3.63) is 11.1 Å². The molecule has 0 saturated carbocycles. The second kappa shape index (κ2) is 4.94. The monoisotopic (exact) mass is 225 g/mol. The Labute approximate surface area is 95.3 Å². The third kappa shape index (κ3) is 2.49. The number of anilines is 1. The Balaban J connectivity index is 2.05. The van der Waals surface area contributed by atoms with Crippen LogP contribution in [-0.4, -0.2) is 24.6 Å². The van der Waals surface area contributed by atoms with Gasteiger partial charge in [-0.1, -0.05) is 6.92 Å². The molecule has 15 heavy (non-hydrogen) atoms. The van der Waals surface area contributed by atoms with E-state index < -0.39 is 0 Å². The van der Waals surface area contributed by atoms with E-state index in [1.807, 2.05) is 0 Å². The molecule has 0 spiro atoms. The highest BCUT2D eigenvalue weighted by atomic mass is 32.1. The number of nitrogens with zero attached hydrogens (tertiary/aromatic N) is 2. The molecule has 0 aromatic carbocycles. The minimum Gasteiger partial charge on any atom is -0.348 e. The number of hydrogen-bond donors (Lipinski definition) is 1. The predicted molar refractivity (Wildman–Crippen MR) is 65.6 cm³/mol. The first kappa shape index (κ1) is 10.9. The van der Waals surface area contributed by atoms with Crippen molar-refractivity contribution in [1.82, 2.24) is 4.98 Å². The third-order valence-electron chi connectivity index (χ3n) is 2.99. The molecule has 1 aromatic rings. The van der Waals surface area contributed by atoms with E-state index >= 15 is 0 Å². The normalized spacial score (nSPS) is 19.2. The van der Waals surface area contributed by atoms with Gasteiger partial charge >= 0.3 is 0 Å².